The van der Waals surface area contributed by atoms with Gasteiger partial charge in [0.25, 0.3) is 11.8 Å². The van der Waals surface area contributed by atoms with Crippen molar-refractivity contribution in [1.82, 2.24) is 11.0 Å². The molecule has 0 saturated carbocycles. The van der Waals surface area contributed by atoms with Gasteiger partial charge in [-0.2, -0.15) is 0 Å². The number of carbonyl (C=O) groups excluding carboxylic acids is 2. The molecule has 2 aromatic carbocycles. The highest BCUT2D eigenvalue weighted by molar-refractivity contribution is 7.25. The first-order valence-electron chi connectivity index (χ1n) is 5.99. The van der Waals surface area contributed by atoms with Gasteiger partial charge in [0.05, 0.1) is 0 Å². The Labute approximate surface area is 122 Å². The largest absolute Gasteiger partial charge is 0.288 e. The predicted molar refractivity (Wildman–Crippen MR) is 77.8 cm³/mol. The smallest absolute Gasteiger partial charge is 0.274 e. The standard InChI is InChI=1S/C14H10N2O4S/c17-13(15-19)7-1-3-11-9(5-7)10-6-8(14(18)16-20)2-4-12(10)21-11/h1-6,19-20H,(H,15,17)(H,16,18). The lowest BCUT2D eigenvalue weighted by atomic mass is 10.1. The van der Waals surface area contributed by atoms with Gasteiger partial charge in [0.2, 0.25) is 0 Å². The molecule has 0 radical (unpaired) electrons. The zero-order valence-electron chi connectivity index (χ0n) is 10.6. The van der Waals surface area contributed by atoms with E-state index in [1.165, 1.54) is 11.3 Å². The molecule has 0 atom stereocenters. The van der Waals surface area contributed by atoms with E-state index in [-0.39, 0.29) is 0 Å². The number of hydrogen-bond acceptors (Lipinski definition) is 5. The van der Waals surface area contributed by atoms with E-state index in [4.69, 9.17) is 10.4 Å². The fraction of sp³-hybridized carbons (Fsp3) is 0. The monoisotopic (exact) mass is 302 g/mol. The number of benzene rings is 2. The van der Waals surface area contributed by atoms with Crippen LogP contribution in [0.15, 0.2) is 36.4 Å². The Kier molecular flexibility index (Phi) is 3.30. The van der Waals surface area contributed by atoms with E-state index in [2.05, 4.69) is 0 Å². The quantitative estimate of drug-likeness (QED) is 0.431. The molecule has 0 saturated heterocycles. The Morgan fingerprint density at radius 1 is 0.810 bits per heavy atom. The van der Waals surface area contributed by atoms with Crippen LogP contribution in [-0.4, -0.2) is 22.2 Å². The highest BCUT2D eigenvalue weighted by atomic mass is 32.1. The topological polar surface area (TPSA) is 98.7 Å². The summed E-state index contributed by atoms with van der Waals surface area (Å²) >= 11 is 1.53. The van der Waals surface area contributed by atoms with Gasteiger partial charge >= 0.3 is 0 Å². The minimum absolute atomic E-state index is 0.321. The second-order valence-electron chi connectivity index (χ2n) is 4.41. The fourth-order valence-electron chi connectivity index (χ4n) is 2.19. The molecule has 0 aliphatic heterocycles. The van der Waals surface area contributed by atoms with E-state index in [1.807, 2.05) is 0 Å². The fourth-order valence-corrected chi connectivity index (χ4v) is 3.26. The molecule has 0 bridgehead atoms. The number of nitrogens with one attached hydrogen (secondary N) is 2. The van der Waals surface area contributed by atoms with Gasteiger partial charge in [0.15, 0.2) is 0 Å². The molecule has 21 heavy (non-hydrogen) atoms. The summed E-state index contributed by atoms with van der Waals surface area (Å²) < 4.78 is 1.92. The normalized spacial score (nSPS) is 10.8. The molecule has 1 aromatic heterocycles. The Morgan fingerprint density at radius 3 is 1.62 bits per heavy atom. The van der Waals surface area contributed by atoms with Crippen molar-refractivity contribution in [3.63, 3.8) is 0 Å². The van der Waals surface area contributed by atoms with Crippen molar-refractivity contribution in [3.05, 3.63) is 47.5 Å². The predicted octanol–water partition coefficient (Wildman–Crippen LogP) is 2.29. The van der Waals surface area contributed by atoms with Crippen LogP contribution in [0.5, 0.6) is 0 Å². The van der Waals surface area contributed by atoms with Crippen molar-refractivity contribution in [2.24, 2.45) is 0 Å². The number of hydroxylamine groups is 2. The van der Waals surface area contributed by atoms with E-state index in [9.17, 15) is 9.59 Å². The van der Waals surface area contributed by atoms with Crippen LogP contribution in [0.4, 0.5) is 0 Å². The molecule has 6 nitrogen and oxygen atoms in total. The maximum atomic E-state index is 11.5. The highest BCUT2D eigenvalue weighted by Crippen LogP contribution is 2.34. The molecule has 0 spiro atoms. The summed E-state index contributed by atoms with van der Waals surface area (Å²) in [5, 5.41) is 19.0. The van der Waals surface area contributed by atoms with Gasteiger partial charge in [0.1, 0.15) is 0 Å². The number of carbonyl (C=O) groups is 2. The summed E-state index contributed by atoms with van der Waals surface area (Å²) in [5.41, 5.74) is 3.83. The van der Waals surface area contributed by atoms with Crippen molar-refractivity contribution in [1.29, 1.82) is 0 Å². The van der Waals surface area contributed by atoms with E-state index < -0.39 is 11.8 Å². The SMILES string of the molecule is O=C(NO)c1ccc2sc3ccc(C(=O)NO)cc3c2c1. The second-order valence-corrected chi connectivity index (χ2v) is 5.49. The first-order chi connectivity index (χ1) is 10.1. The Morgan fingerprint density at radius 2 is 1.24 bits per heavy atom. The maximum Gasteiger partial charge on any atom is 0.274 e. The Bertz CT molecular complexity index is 802. The molecule has 2 amide bonds. The van der Waals surface area contributed by atoms with Gasteiger partial charge in [-0.15, -0.1) is 11.3 Å². The van der Waals surface area contributed by atoms with Gasteiger partial charge in [0, 0.05) is 31.3 Å². The average Bonchev–Trinajstić information content (AvgIpc) is 2.90. The number of thiophene rings is 1. The van der Waals surface area contributed by atoms with Crippen molar-refractivity contribution < 1.29 is 20.0 Å². The lowest BCUT2D eigenvalue weighted by Crippen LogP contribution is -2.18. The first-order valence-corrected chi connectivity index (χ1v) is 6.81. The maximum absolute atomic E-state index is 11.5. The number of rotatable bonds is 2. The summed E-state index contributed by atoms with van der Waals surface area (Å²) in [6, 6.07) is 10.1. The van der Waals surface area contributed by atoms with Crippen LogP contribution in [0.3, 0.4) is 0 Å². The van der Waals surface area contributed by atoms with Crippen LogP contribution in [0.25, 0.3) is 20.2 Å². The molecule has 106 valence electrons. The molecule has 7 heteroatoms. The Balaban J connectivity index is 2.25. The summed E-state index contributed by atoms with van der Waals surface area (Å²) in [5.74, 6) is -1.19. The number of amides is 2. The van der Waals surface area contributed by atoms with Crippen LogP contribution in [0, 0.1) is 0 Å². The average molecular weight is 302 g/mol. The van der Waals surface area contributed by atoms with E-state index in [0.717, 1.165) is 20.2 Å². The molecule has 0 fully saturated rings. The number of fused-ring (bicyclic) bond motifs is 3. The van der Waals surface area contributed by atoms with Crippen molar-refractivity contribution in [2.45, 2.75) is 0 Å². The van der Waals surface area contributed by atoms with Gasteiger partial charge in [-0.3, -0.25) is 20.0 Å². The minimum atomic E-state index is -0.597. The molecular weight excluding hydrogens is 292 g/mol. The summed E-state index contributed by atoms with van der Waals surface area (Å²) in [6.07, 6.45) is 0. The lowest BCUT2D eigenvalue weighted by Gasteiger charge is -2.00. The van der Waals surface area contributed by atoms with Gasteiger partial charge in [-0.25, -0.2) is 11.0 Å². The zero-order valence-corrected chi connectivity index (χ0v) is 11.4. The molecule has 0 aliphatic carbocycles. The molecule has 0 unspecified atom stereocenters. The van der Waals surface area contributed by atoms with Crippen LogP contribution in [0.1, 0.15) is 20.7 Å². The summed E-state index contributed by atoms with van der Waals surface area (Å²) in [4.78, 5) is 23.0. The third kappa shape index (κ3) is 2.23. The van der Waals surface area contributed by atoms with Crippen molar-refractivity contribution in [3.8, 4) is 0 Å². The lowest BCUT2D eigenvalue weighted by molar-refractivity contribution is 0.0702. The minimum Gasteiger partial charge on any atom is -0.288 e. The van der Waals surface area contributed by atoms with Crippen LogP contribution >= 0.6 is 11.3 Å². The summed E-state index contributed by atoms with van der Waals surface area (Å²) in [6.45, 7) is 0. The second kappa shape index (κ2) is 5.13. The highest BCUT2D eigenvalue weighted by Gasteiger charge is 2.12. The first kappa shape index (κ1) is 13.5. The third-order valence-corrected chi connectivity index (χ3v) is 4.35. The third-order valence-electron chi connectivity index (χ3n) is 3.20. The van der Waals surface area contributed by atoms with Crippen LogP contribution < -0.4 is 11.0 Å². The van der Waals surface area contributed by atoms with E-state index >= 15 is 0 Å². The van der Waals surface area contributed by atoms with Crippen LogP contribution in [-0.2, 0) is 0 Å². The van der Waals surface area contributed by atoms with Crippen molar-refractivity contribution >= 4 is 43.3 Å². The van der Waals surface area contributed by atoms with Gasteiger partial charge in [-0.1, -0.05) is 0 Å². The summed E-state index contributed by atoms with van der Waals surface area (Å²) in [7, 11) is 0. The number of hydrogen-bond donors (Lipinski definition) is 4. The van der Waals surface area contributed by atoms with Gasteiger partial charge < -0.3 is 0 Å². The van der Waals surface area contributed by atoms with Crippen LogP contribution in [0.2, 0.25) is 0 Å². The molecule has 1 heterocycles. The molecule has 3 aromatic rings. The molecular formula is C14H10N2O4S. The van der Waals surface area contributed by atoms with E-state index in [0.29, 0.717) is 11.1 Å². The van der Waals surface area contributed by atoms with Gasteiger partial charge in [-0.05, 0) is 36.4 Å². The zero-order chi connectivity index (χ0) is 15.0. The molecule has 3 rings (SSSR count). The molecule has 0 aliphatic rings. The Hall–Kier alpha value is -2.48. The van der Waals surface area contributed by atoms with E-state index in [1.54, 1.807) is 47.4 Å². The molecule has 4 N–H and O–H groups in total. The van der Waals surface area contributed by atoms with Crippen molar-refractivity contribution in [2.75, 3.05) is 0 Å².